The lowest BCUT2D eigenvalue weighted by Gasteiger charge is -2.13. The van der Waals surface area contributed by atoms with Crippen molar-refractivity contribution in [3.8, 4) is 0 Å². The first-order valence-corrected chi connectivity index (χ1v) is 8.11. The zero-order valence-corrected chi connectivity index (χ0v) is 13.0. The number of nitrogen functional groups attached to an aromatic ring is 1. The molecule has 2 aliphatic heterocycles. The van der Waals surface area contributed by atoms with Gasteiger partial charge in [-0.3, -0.25) is 4.79 Å². The van der Waals surface area contributed by atoms with Gasteiger partial charge in [0.05, 0.1) is 0 Å². The van der Waals surface area contributed by atoms with Gasteiger partial charge in [-0.15, -0.1) is 0 Å². The molecule has 0 aromatic carbocycles. The van der Waals surface area contributed by atoms with Crippen LogP contribution in [-0.2, 0) is 0 Å². The van der Waals surface area contributed by atoms with Crippen LogP contribution in [0.15, 0.2) is 0 Å². The zero-order valence-electron chi connectivity index (χ0n) is 12.2. The van der Waals surface area contributed by atoms with Crippen LogP contribution < -0.4 is 21.7 Å². The predicted molar refractivity (Wildman–Crippen MR) is 84.7 cm³/mol. The summed E-state index contributed by atoms with van der Waals surface area (Å²) in [4.78, 5) is 21.5. The zero-order chi connectivity index (χ0) is 15.0. The van der Waals surface area contributed by atoms with E-state index in [1.165, 1.54) is 11.3 Å². The summed E-state index contributed by atoms with van der Waals surface area (Å²) < 4.78 is 0. The molecule has 1 amide bonds. The van der Waals surface area contributed by atoms with Crippen LogP contribution in [0.25, 0.3) is 0 Å². The summed E-state index contributed by atoms with van der Waals surface area (Å²) in [6.07, 6.45) is 1.93. The number of anilines is 2. The quantitative estimate of drug-likeness (QED) is 0.708. The number of likely N-dealkylation sites (N-methyl/N-ethyl adjacent to an activating group) is 1. The highest BCUT2D eigenvalue weighted by molar-refractivity contribution is 7.18. The van der Waals surface area contributed by atoms with Crippen LogP contribution in [0.2, 0.25) is 0 Å². The molecule has 0 bridgehead atoms. The molecule has 2 unspecified atom stereocenters. The van der Waals surface area contributed by atoms with Gasteiger partial charge in [-0.1, -0.05) is 11.3 Å². The third-order valence-corrected chi connectivity index (χ3v) is 5.20. The number of thiazole rings is 1. The average molecular weight is 310 g/mol. The molecule has 21 heavy (non-hydrogen) atoms. The monoisotopic (exact) mass is 310 g/mol. The SMILES string of the molecule is CN1CCC(NC(=O)c2sc(N3CCC(N)C3)nc2N)C1. The fraction of sp³-hybridized carbons (Fsp3) is 0.692. The number of rotatable bonds is 3. The van der Waals surface area contributed by atoms with E-state index in [2.05, 4.69) is 27.1 Å². The van der Waals surface area contributed by atoms with E-state index in [0.29, 0.717) is 10.7 Å². The number of carbonyl (C=O) groups is 1. The summed E-state index contributed by atoms with van der Waals surface area (Å²) in [5, 5.41) is 3.85. The molecule has 0 aliphatic carbocycles. The first-order valence-electron chi connectivity index (χ1n) is 7.29. The van der Waals surface area contributed by atoms with Gasteiger partial charge in [0, 0.05) is 31.7 Å². The number of amides is 1. The third kappa shape index (κ3) is 3.12. The summed E-state index contributed by atoms with van der Waals surface area (Å²) in [7, 11) is 2.06. The van der Waals surface area contributed by atoms with Gasteiger partial charge in [-0.25, -0.2) is 4.98 Å². The molecular formula is C13H22N6OS. The molecule has 116 valence electrons. The Labute approximate surface area is 128 Å². The summed E-state index contributed by atoms with van der Waals surface area (Å²) in [6.45, 7) is 3.56. The second-order valence-corrected chi connectivity index (χ2v) is 6.90. The van der Waals surface area contributed by atoms with Crippen molar-refractivity contribution in [2.45, 2.75) is 24.9 Å². The van der Waals surface area contributed by atoms with Crippen molar-refractivity contribution in [3.05, 3.63) is 4.88 Å². The summed E-state index contributed by atoms with van der Waals surface area (Å²) >= 11 is 1.36. The van der Waals surface area contributed by atoms with Crippen LogP contribution in [0.1, 0.15) is 22.5 Å². The number of hydrogen-bond acceptors (Lipinski definition) is 7. The Bertz CT molecular complexity index is 533. The largest absolute Gasteiger partial charge is 0.382 e. The lowest BCUT2D eigenvalue weighted by molar-refractivity contribution is 0.0943. The summed E-state index contributed by atoms with van der Waals surface area (Å²) in [5.74, 6) is 0.208. The Morgan fingerprint density at radius 2 is 2.19 bits per heavy atom. The van der Waals surface area contributed by atoms with Gasteiger partial charge in [0.1, 0.15) is 10.7 Å². The maximum atomic E-state index is 12.3. The van der Waals surface area contributed by atoms with Gasteiger partial charge in [-0.2, -0.15) is 0 Å². The second kappa shape index (κ2) is 5.78. The molecule has 1 aromatic heterocycles. The molecule has 8 heteroatoms. The van der Waals surface area contributed by atoms with Gasteiger partial charge in [0.25, 0.3) is 5.91 Å². The van der Waals surface area contributed by atoms with Gasteiger partial charge in [-0.05, 0) is 26.4 Å². The van der Waals surface area contributed by atoms with Gasteiger partial charge < -0.3 is 26.6 Å². The number of nitrogens with zero attached hydrogens (tertiary/aromatic N) is 3. The standard InChI is InChI=1S/C13H22N6OS/c1-18-4-3-9(7-18)16-12(20)10-11(15)17-13(21-10)19-5-2-8(14)6-19/h8-9H,2-7,14-15H2,1H3,(H,16,20). The van der Waals surface area contributed by atoms with E-state index in [1.807, 2.05) is 0 Å². The highest BCUT2D eigenvalue weighted by Crippen LogP contribution is 2.30. The van der Waals surface area contributed by atoms with E-state index in [0.717, 1.165) is 44.2 Å². The molecule has 7 nitrogen and oxygen atoms in total. The second-order valence-electron chi connectivity index (χ2n) is 5.93. The molecule has 2 atom stereocenters. The molecular weight excluding hydrogens is 288 g/mol. The number of aromatic nitrogens is 1. The Kier molecular flexibility index (Phi) is 4.01. The Morgan fingerprint density at radius 3 is 2.81 bits per heavy atom. The first kappa shape index (κ1) is 14.6. The molecule has 5 N–H and O–H groups in total. The van der Waals surface area contributed by atoms with Crippen LogP contribution in [0.3, 0.4) is 0 Å². The summed E-state index contributed by atoms with van der Waals surface area (Å²) in [5.41, 5.74) is 11.8. The van der Waals surface area contributed by atoms with E-state index < -0.39 is 0 Å². The molecule has 2 saturated heterocycles. The van der Waals surface area contributed by atoms with Gasteiger partial charge >= 0.3 is 0 Å². The Morgan fingerprint density at radius 1 is 1.38 bits per heavy atom. The molecule has 0 saturated carbocycles. The lowest BCUT2D eigenvalue weighted by atomic mass is 10.2. The number of likely N-dealkylation sites (tertiary alicyclic amines) is 1. The smallest absolute Gasteiger partial charge is 0.265 e. The molecule has 3 heterocycles. The Balaban J connectivity index is 1.67. The number of carbonyl (C=O) groups excluding carboxylic acids is 1. The molecule has 2 fully saturated rings. The Hall–Kier alpha value is -1.38. The van der Waals surface area contributed by atoms with Crippen molar-refractivity contribution < 1.29 is 4.79 Å². The lowest BCUT2D eigenvalue weighted by Crippen LogP contribution is -2.36. The third-order valence-electron chi connectivity index (χ3n) is 4.07. The van der Waals surface area contributed by atoms with Crippen LogP contribution >= 0.6 is 11.3 Å². The van der Waals surface area contributed by atoms with E-state index in [1.54, 1.807) is 0 Å². The fourth-order valence-electron chi connectivity index (χ4n) is 2.88. The first-order chi connectivity index (χ1) is 10.0. The molecule has 2 aliphatic rings. The number of nitrogens with two attached hydrogens (primary N) is 2. The summed E-state index contributed by atoms with van der Waals surface area (Å²) in [6, 6.07) is 0.383. The number of hydrogen-bond donors (Lipinski definition) is 3. The molecule has 1 aromatic rings. The van der Waals surface area contributed by atoms with E-state index in [9.17, 15) is 4.79 Å². The van der Waals surface area contributed by atoms with E-state index in [4.69, 9.17) is 11.5 Å². The molecule has 3 rings (SSSR count). The molecule has 0 radical (unpaired) electrons. The van der Waals surface area contributed by atoms with Crippen molar-refractivity contribution in [1.29, 1.82) is 0 Å². The fourth-order valence-corrected chi connectivity index (χ4v) is 3.81. The highest BCUT2D eigenvalue weighted by atomic mass is 32.1. The van der Waals surface area contributed by atoms with E-state index >= 15 is 0 Å². The minimum absolute atomic E-state index is 0.111. The normalized spacial score (nSPS) is 26.5. The van der Waals surface area contributed by atoms with Crippen LogP contribution in [0.5, 0.6) is 0 Å². The maximum absolute atomic E-state index is 12.3. The topological polar surface area (TPSA) is 101 Å². The van der Waals surface area contributed by atoms with Crippen molar-refractivity contribution in [2.75, 3.05) is 43.9 Å². The molecule has 0 spiro atoms. The minimum Gasteiger partial charge on any atom is -0.382 e. The van der Waals surface area contributed by atoms with Crippen LogP contribution in [0, 0.1) is 0 Å². The predicted octanol–water partition coefficient (Wildman–Crippen LogP) is -0.303. The van der Waals surface area contributed by atoms with Crippen molar-refractivity contribution in [2.24, 2.45) is 5.73 Å². The van der Waals surface area contributed by atoms with Crippen LogP contribution in [-0.4, -0.2) is 61.1 Å². The number of nitrogens with one attached hydrogen (secondary N) is 1. The average Bonchev–Trinajstić information content (AvgIpc) is 3.11. The van der Waals surface area contributed by atoms with Gasteiger partial charge in [0.2, 0.25) is 0 Å². The minimum atomic E-state index is -0.111. The van der Waals surface area contributed by atoms with E-state index in [-0.39, 0.29) is 18.0 Å². The van der Waals surface area contributed by atoms with Crippen molar-refractivity contribution in [3.63, 3.8) is 0 Å². The highest BCUT2D eigenvalue weighted by Gasteiger charge is 2.27. The van der Waals surface area contributed by atoms with Crippen molar-refractivity contribution >= 4 is 28.2 Å². The van der Waals surface area contributed by atoms with Gasteiger partial charge in [0.15, 0.2) is 5.13 Å². The van der Waals surface area contributed by atoms with Crippen molar-refractivity contribution in [1.82, 2.24) is 15.2 Å². The van der Waals surface area contributed by atoms with Crippen LogP contribution in [0.4, 0.5) is 10.9 Å². The maximum Gasteiger partial charge on any atom is 0.265 e.